The lowest BCUT2D eigenvalue weighted by molar-refractivity contribution is 0.0829. The van der Waals surface area contributed by atoms with Gasteiger partial charge in [-0.1, -0.05) is 24.3 Å². The van der Waals surface area contributed by atoms with E-state index in [1.165, 1.54) is 16.7 Å². The van der Waals surface area contributed by atoms with Crippen LogP contribution in [0, 0.1) is 13.8 Å². The second kappa shape index (κ2) is 4.10. The van der Waals surface area contributed by atoms with Gasteiger partial charge in [-0.3, -0.25) is 0 Å². The van der Waals surface area contributed by atoms with E-state index in [9.17, 15) is 5.11 Å². The quantitative estimate of drug-likeness (QED) is 0.767. The Bertz CT molecular complexity index is 648. The second-order valence-electron chi connectivity index (χ2n) is 5.58. The maximum Gasteiger partial charge on any atom is 0.115 e. The molecular weight excluding hydrogens is 234 g/mol. The Morgan fingerprint density at radius 3 is 2.58 bits per heavy atom. The van der Waals surface area contributed by atoms with Gasteiger partial charge in [-0.2, -0.15) is 0 Å². The molecule has 19 heavy (non-hydrogen) atoms. The molecule has 1 aliphatic carbocycles. The number of nitrogens with two attached hydrogens (primary N) is 1. The van der Waals surface area contributed by atoms with Crippen molar-refractivity contribution >= 4 is 5.69 Å². The van der Waals surface area contributed by atoms with Crippen molar-refractivity contribution in [2.45, 2.75) is 32.3 Å². The minimum Gasteiger partial charge on any atom is -0.399 e. The van der Waals surface area contributed by atoms with Crippen molar-refractivity contribution in [2.24, 2.45) is 0 Å². The zero-order valence-corrected chi connectivity index (χ0v) is 11.4. The summed E-state index contributed by atoms with van der Waals surface area (Å²) in [5, 5.41) is 11.1. The lowest BCUT2D eigenvalue weighted by atomic mass is 9.86. The standard InChI is InChI=1S/C17H19NO/c1-11-3-4-14(9-12(11)2)17(19)8-7-13-10-15(18)5-6-16(13)17/h3-6,9-10,19H,7-8,18H2,1-2H3. The molecule has 0 saturated heterocycles. The summed E-state index contributed by atoms with van der Waals surface area (Å²) in [5.74, 6) is 0. The molecule has 0 spiro atoms. The topological polar surface area (TPSA) is 46.2 Å². The van der Waals surface area contributed by atoms with Gasteiger partial charge in [-0.05, 0) is 66.6 Å². The molecule has 2 aromatic carbocycles. The van der Waals surface area contributed by atoms with Crippen LogP contribution >= 0.6 is 0 Å². The van der Waals surface area contributed by atoms with Crippen molar-refractivity contribution < 1.29 is 5.11 Å². The average Bonchev–Trinajstić information content (AvgIpc) is 2.71. The van der Waals surface area contributed by atoms with Crippen LogP contribution in [0.5, 0.6) is 0 Å². The number of aryl methyl sites for hydroxylation is 3. The number of rotatable bonds is 1. The van der Waals surface area contributed by atoms with Gasteiger partial charge < -0.3 is 10.8 Å². The molecule has 2 heteroatoms. The Kier molecular flexibility index (Phi) is 2.64. The molecular formula is C17H19NO. The van der Waals surface area contributed by atoms with Crippen LogP contribution in [0.3, 0.4) is 0 Å². The van der Waals surface area contributed by atoms with E-state index in [1.807, 2.05) is 24.3 Å². The summed E-state index contributed by atoms with van der Waals surface area (Å²) in [6, 6.07) is 12.0. The van der Waals surface area contributed by atoms with Gasteiger partial charge in [0, 0.05) is 5.69 Å². The van der Waals surface area contributed by atoms with Gasteiger partial charge in [0.25, 0.3) is 0 Å². The zero-order valence-electron chi connectivity index (χ0n) is 11.4. The molecule has 1 unspecified atom stereocenters. The molecule has 2 nitrogen and oxygen atoms in total. The highest BCUT2D eigenvalue weighted by Crippen LogP contribution is 2.42. The van der Waals surface area contributed by atoms with Crippen molar-refractivity contribution in [1.29, 1.82) is 0 Å². The minimum absolute atomic E-state index is 0.730. The largest absolute Gasteiger partial charge is 0.399 e. The maximum absolute atomic E-state index is 11.1. The van der Waals surface area contributed by atoms with Crippen LogP contribution in [-0.4, -0.2) is 5.11 Å². The van der Waals surface area contributed by atoms with Gasteiger partial charge in [0.15, 0.2) is 0 Å². The first kappa shape index (κ1) is 12.2. The summed E-state index contributed by atoms with van der Waals surface area (Å²) in [7, 11) is 0. The molecule has 3 rings (SSSR count). The van der Waals surface area contributed by atoms with Crippen molar-refractivity contribution in [3.63, 3.8) is 0 Å². The molecule has 0 aromatic heterocycles. The molecule has 0 heterocycles. The predicted octanol–water partition coefficient (Wildman–Crippen LogP) is 3.07. The Balaban J connectivity index is 2.13. The molecule has 0 saturated carbocycles. The predicted molar refractivity (Wildman–Crippen MR) is 78.1 cm³/mol. The molecule has 2 aromatic rings. The van der Waals surface area contributed by atoms with Crippen LogP contribution in [-0.2, 0) is 12.0 Å². The summed E-state index contributed by atoms with van der Waals surface area (Å²) in [6.45, 7) is 4.17. The van der Waals surface area contributed by atoms with Crippen molar-refractivity contribution in [3.05, 3.63) is 64.2 Å². The van der Waals surface area contributed by atoms with Gasteiger partial charge >= 0.3 is 0 Å². The Morgan fingerprint density at radius 1 is 1.05 bits per heavy atom. The van der Waals surface area contributed by atoms with E-state index in [0.717, 1.165) is 29.7 Å². The third-order valence-corrected chi connectivity index (χ3v) is 4.32. The Morgan fingerprint density at radius 2 is 1.84 bits per heavy atom. The van der Waals surface area contributed by atoms with Crippen LogP contribution < -0.4 is 5.73 Å². The van der Waals surface area contributed by atoms with Gasteiger partial charge in [-0.25, -0.2) is 0 Å². The van der Waals surface area contributed by atoms with E-state index < -0.39 is 5.60 Å². The minimum atomic E-state index is -0.860. The Hall–Kier alpha value is -1.80. The summed E-state index contributed by atoms with van der Waals surface area (Å²) >= 11 is 0. The first-order valence-corrected chi connectivity index (χ1v) is 6.70. The van der Waals surface area contributed by atoms with Crippen LogP contribution in [0.1, 0.15) is 34.2 Å². The highest BCUT2D eigenvalue weighted by Gasteiger charge is 2.38. The molecule has 3 N–H and O–H groups in total. The fourth-order valence-corrected chi connectivity index (χ4v) is 2.97. The Labute approximate surface area is 113 Å². The summed E-state index contributed by atoms with van der Waals surface area (Å²) in [4.78, 5) is 0. The second-order valence-corrected chi connectivity index (χ2v) is 5.58. The van der Waals surface area contributed by atoms with Gasteiger partial charge in [0.05, 0.1) is 0 Å². The number of nitrogen functional groups attached to an aromatic ring is 1. The van der Waals surface area contributed by atoms with Crippen molar-refractivity contribution in [2.75, 3.05) is 5.73 Å². The summed E-state index contributed by atoms with van der Waals surface area (Å²) < 4.78 is 0. The van der Waals surface area contributed by atoms with E-state index in [2.05, 4.69) is 26.0 Å². The van der Waals surface area contributed by atoms with E-state index in [4.69, 9.17) is 5.73 Å². The lowest BCUT2D eigenvalue weighted by Gasteiger charge is -2.25. The molecule has 0 radical (unpaired) electrons. The molecule has 98 valence electrons. The number of hydrogen-bond acceptors (Lipinski definition) is 2. The van der Waals surface area contributed by atoms with Crippen LogP contribution in [0.2, 0.25) is 0 Å². The highest BCUT2D eigenvalue weighted by molar-refractivity contribution is 5.53. The number of anilines is 1. The first-order chi connectivity index (χ1) is 9.00. The zero-order chi connectivity index (χ0) is 13.6. The lowest BCUT2D eigenvalue weighted by Crippen LogP contribution is -2.24. The van der Waals surface area contributed by atoms with E-state index in [1.54, 1.807) is 0 Å². The molecule has 0 fully saturated rings. The summed E-state index contributed by atoms with van der Waals surface area (Å²) in [6.07, 6.45) is 1.61. The van der Waals surface area contributed by atoms with E-state index >= 15 is 0 Å². The molecule has 1 atom stereocenters. The van der Waals surface area contributed by atoms with Crippen molar-refractivity contribution in [1.82, 2.24) is 0 Å². The molecule has 0 aliphatic heterocycles. The fraction of sp³-hybridized carbons (Fsp3) is 0.294. The van der Waals surface area contributed by atoms with Crippen LogP contribution in [0.25, 0.3) is 0 Å². The van der Waals surface area contributed by atoms with Gasteiger partial charge in [0.2, 0.25) is 0 Å². The molecule has 1 aliphatic rings. The smallest absolute Gasteiger partial charge is 0.115 e. The average molecular weight is 253 g/mol. The van der Waals surface area contributed by atoms with Gasteiger partial charge in [-0.15, -0.1) is 0 Å². The number of benzene rings is 2. The summed E-state index contributed by atoms with van der Waals surface area (Å²) in [5.41, 5.74) is 11.4. The SMILES string of the molecule is Cc1ccc(C2(O)CCc3cc(N)ccc32)cc1C. The first-order valence-electron chi connectivity index (χ1n) is 6.70. The fourth-order valence-electron chi connectivity index (χ4n) is 2.97. The number of fused-ring (bicyclic) bond motifs is 1. The number of aliphatic hydroxyl groups is 1. The third-order valence-electron chi connectivity index (χ3n) is 4.32. The van der Waals surface area contributed by atoms with Crippen molar-refractivity contribution in [3.8, 4) is 0 Å². The van der Waals surface area contributed by atoms with E-state index in [-0.39, 0.29) is 0 Å². The van der Waals surface area contributed by atoms with Crippen LogP contribution in [0.4, 0.5) is 5.69 Å². The monoisotopic (exact) mass is 253 g/mol. The van der Waals surface area contributed by atoms with Crippen LogP contribution in [0.15, 0.2) is 36.4 Å². The van der Waals surface area contributed by atoms with E-state index in [0.29, 0.717) is 0 Å². The van der Waals surface area contributed by atoms with Gasteiger partial charge in [0.1, 0.15) is 5.60 Å². The maximum atomic E-state index is 11.1. The number of hydrogen-bond donors (Lipinski definition) is 2. The highest BCUT2D eigenvalue weighted by atomic mass is 16.3. The molecule has 0 amide bonds. The molecule has 0 bridgehead atoms. The normalized spacial score (nSPS) is 21.4. The third kappa shape index (κ3) is 1.83.